The van der Waals surface area contributed by atoms with Crippen molar-refractivity contribution in [2.45, 2.75) is 26.2 Å². The molecule has 3 heteroatoms. The van der Waals surface area contributed by atoms with Crippen LogP contribution in [0.25, 0.3) is 17.0 Å². The highest BCUT2D eigenvalue weighted by molar-refractivity contribution is 5.88. The number of hydrogen-bond donors (Lipinski definition) is 0. The van der Waals surface area contributed by atoms with Crippen LogP contribution in [0.4, 0.5) is 0 Å². The summed E-state index contributed by atoms with van der Waals surface area (Å²) in [7, 11) is 0. The Balaban J connectivity index is 1.66. The van der Waals surface area contributed by atoms with Gasteiger partial charge in [0.15, 0.2) is 0 Å². The highest BCUT2D eigenvalue weighted by Crippen LogP contribution is 2.35. The maximum atomic E-state index is 12.1. The number of hydrogen-bond acceptors (Lipinski definition) is 3. The quantitative estimate of drug-likeness (QED) is 0.651. The molecule has 0 radical (unpaired) electrons. The van der Waals surface area contributed by atoms with Crippen LogP contribution in [0, 0.1) is 6.92 Å². The fourth-order valence-electron chi connectivity index (χ4n) is 3.51. The normalized spacial score (nSPS) is 13.5. The van der Waals surface area contributed by atoms with E-state index in [1.807, 2.05) is 49.4 Å². The van der Waals surface area contributed by atoms with Gasteiger partial charge < -0.3 is 9.15 Å². The third kappa shape index (κ3) is 3.10. The Labute approximate surface area is 146 Å². The van der Waals surface area contributed by atoms with Crippen LogP contribution in [0.1, 0.15) is 28.7 Å². The number of fused-ring (bicyclic) bond motifs is 3. The van der Waals surface area contributed by atoms with Gasteiger partial charge in [-0.3, -0.25) is 0 Å². The van der Waals surface area contributed by atoms with Gasteiger partial charge in [0, 0.05) is 5.56 Å². The highest BCUT2D eigenvalue weighted by atomic mass is 16.5. The highest BCUT2D eigenvalue weighted by Gasteiger charge is 2.22. The van der Waals surface area contributed by atoms with Gasteiger partial charge in [0.25, 0.3) is 0 Å². The topological polar surface area (TPSA) is 39.4 Å². The van der Waals surface area contributed by atoms with E-state index < -0.39 is 0 Å². The number of aryl methyl sites for hydroxylation is 2. The van der Waals surface area contributed by atoms with E-state index in [9.17, 15) is 4.79 Å². The van der Waals surface area contributed by atoms with Crippen molar-refractivity contribution in [3.63, 3.8) is 0 Å². The van der Waals surface area contributed by atoms with Crippen molar-refractivity contribution in [2.24, 2.45) is 0 Å². The molecule has 0 atom stereocenters. The first kappa shape index (κ1) is 15.7. The molecule has 2 aromatic carbocycles. The molecule has 1 aromatic heterocycles. The molecule has 0 fully saturated rings. The lowest BCUT2D eigenvalue weighted by Gasteiger charge is -2.11. The van der Waals surface area contributed by atoms with Crippen molar-refractivity contribution in [3.8, 4) is 5.75 Å². The van der Waals surface area contributed by atoms with E-state index in [4.69, 9.17) is 9.15 Å². The molecule has 0 saturated carbocycles. The largest absolute Gasteiger partial charge is 0.489 e. The monoisotopic (exact) mass is 332 g/mol. The lowest BCUT2D eigenvalue weighted by molar-refractivity contribution is 0.367. The maximum Gasteiger partial charge on any atom is 0.339 e. The van der Waals surface area contributed by atoms with Gasteiger partial charge in [0.05, 0.1) is 5.39 Å². The zero-order chi connectivity index (χ0) is 17.2. The average molecular weight is 332 g/mol. The molecule has 25 heavy (non-hydrogen) atoms. The van der Waals surface area contributed by atoms with Gasteiger partial charge in [-0.1, -0.05) is 36.4 Å². The molecular weight excluding hydrogens is 312 g/mol. The summed E-state index contributed by atoms with van der Waals surface area (Å²) >= 11 is 0. The van der Waals surface area contributed by atoms with Gasteiger partial charge in [-0.2, -0.15) is 0 Å². The van der Waals surface area contributed by atoms with Crippen molar-refractivity contribution in [2.75, 3.05) is 6.61 Å². The first-order valence-corrected chi connectivity index (χ1v) is 8.66. The molecular formula is C22H20O3. The summed E-state index contributed by atoms with van der Waals surface area (Å²) in [5.74, 6) is 0.801. The van der Waals surface area contributed by atoms with E-state index in [0.717, 1.165) is 52.7 Å². The Kier molecular flexibility index (Phi) is 4.14. The van der Waals surface area contributed by atoms with Crippen LogP contribution in [-0.4, -0.2) is 6.61 Å². The summed E-state index contributed by atoms with van der Waals surface area (Å²) in [5, 5.41) is 0.964. The Morgan fingerprint density at radius 1 is 1.12 bits per heavy atom. The molecule has 0 aliphatic heterocycles. The predicted octanol–water partition coefficient (Wildman–Crippen LogP) is 4.68. The number of ether oxygens (including phenoxy) is 1. The molecule has 0 spiro atoms. The molecule has 0 saturated heterocycles. The lowest BCUT2D eigenvalue weighted by Crippen LogP contribution is -2.08. The SMILES string of the molecule is Cc1cc(OCC=Cc2ccccc2)c2c3c(c(=O)oc2c1)CCC3. The van der Waals surface area contributed by atoms with Crippen LogP contribution >= 0.6 is 0 Å². The van der Waals surface area contributed by atoms with Crippen molar-refractivity contribution in [1.29, 1.82) is 0 Å². The number of benzene rings is 2. The van der Waals surface area contributed by atoms with E-state index in [0.29, 0.717) is 12.2 Å². The van der Waals surface area contributed by atoms with Gasteiger partial charge >= 0.3 is 5.63 Å². The molecule has 1 heterocycles. The van der Waals surface area contributed by atoms with Crippen LogP contribution in [0.5, 0.6) is 5.75 Å². The fourth-order valence-corrected chi connectivity index (χ4v) is 3.51. The zero-order valence-electron chi connectivity index (χ0n) is 14.2. The smallest absolute Gasteiger partial charge is 0.339 e. The molecule has 3 aromatic rings. The zero-order valence-corrected chi connectivity index (χ0v) is 14.2. The third-order valence-corrected chi connectivity index (χ3v) is 4.62. The standard InChI is InChI=1S/C22H20O3/c1-15-13-19(24-12-6-9-16-7-3-2-4-8-16)21-17-10-5-11-18(17)22(23)25-20(21)14-15/h2-4,6-9,13-14H,5,10-12H2,1H3. The molecule has 1 aliphatic rings. The van der Waals surface area contributed by atoms with E-state index in [2.05, 4.69) is 12.1 Å². The van der Waals surface area contributed by atoms with Gasteiger partial charge in [0.1, 0.15) is 17.9 Å². The van der Waals surface area contributed by atoms with Crippen LogP contribution in [0.3, 0.4) is 0 Å². The van der Waals surface area contributed by atoms with Crippen molar-refractivity contribution in [1.82, 2.24) is 0 Å². The second kappa shape index (κ2) is 6.60. The van der Waals surface area contributed by atoms with Gasteiger partial charge in [-0.25, -0.2) is 4.79 Å². The van der Waals surface area contributed by atoms with Gasteiger partial charge in [-0.15, -0.1) is 0 Å². The fraction of sp³-hybridized carbons (Fsp3) is 0.227. The van der Waals surface area contributed by atoms with Crippen molar-refractivity contribution in [3.05, 3.63) is 81.2 Å². The Morgan fingerprint density at radius 3 is 2.76 bits per heavy atom. The third-order valence-electron chi connectivity index (χ3n) is 4.62. The van der Waals surface area contributed by atoms with E-state index in [1.165, 1.54) is 0 Å². The lowest BCUT2D eigenvalue weighted by atomic mass is 10.0. The minimum absolute atomic E-state index is 0.194. The Morgan fingerprint density at radius 2 is 1.92 bits per heavy atom. The van der Waals surface area contributed by atoms with Gasteiger partial charge in [0.2, 0.25) is 0 Å². The Hall–Kier alpha value is -2.81. The molecule has 0 unspecified atom stereocenters. The Bertz CT molecular complexity index is 997. The molecule has 1 aliphatic carbocycles. The molecule has 3 nitrogen and oxygen atoms in total. The molecule has 126 valence electrons. The predicted molar refractivity (Wildman–Crippen MR) is 100 cm³/mol. The van der Waals surface area contributed by atoms with Crippen LogP contribution < -0.4 is 10.4 Å². The summed E-state index contributed by atoms with van der Waals surface area (Å²) in [6, 6.07) is 14.1. The second-order valence-electron chi connectivity index (χ2n) is 6.46. The maximum absolute atomic E-state index is 12.1. The minimum atomic E-state index is -0.194. The van der Waals surface area contributed by atoms with Crippen molar-refractivity contribution >= 4 is 17.0 Å². The van der Waals surface area contributed by atoms with Crippen LogP contribution in [0.15, 0.2) is 57.8 Å². The van der Waals surface area contributed by atoms with Crippen LogP contribution in [-0.2, 0) is 12.8 Å². The summed E-state index contributed by atoms with van der Waals surface area (Å²) in [6.07, 6.45) is 6.76. The summed E-state index contributed by atoms with van der Waals surface area (Å²) in [6.45, 7) is 2.46. The van der Waals surface area contributed by atoms with E-state index in [-0.39, 0.29) is 5.63 Å². The van der Waals surface area contributed by atoms with Gasteiger partial charge in [-0.05, 0) is 61.1 Å². The van der Waals surface area contributed by atoms with Crippen molar-refractivity contribution < 1.29 is 9.15 Å². The summed E-state index contributed by atoms with van der Waals surface area (Å²) < 4.78 is 11.6. The first-order chi connectivity index (χ1) is 12.2. The van der Waals surface area contributed by atoms with Crippen LogP contribution in [0.2, 0.25) is 0 Å². The minimum Gasteiger partial charge on any atom is -0.489 e. The summed E-state index contributed by atoms with van der Waals surface area (Å²) in [4.78, 5) is 12.1. The molecule has 4 rings (SSSR count). The number of rotatable bonds is 4. The first-order valence-electron chi connectivity index (χ1n) is 8.66. The average Bonchev–Trinajstić information content (AvgIpc) is 3.09. The van der Waals surface area contributed by atoms with E-state index in [1.54, 1.807) is 0 Å². The molecule has 0 N–H and O–H groups in total. The summed E-state index contributed by atoms with van der Waals surface area (Å²) in [5.41, 5.74) is 4.53. The molecule has 0 amide bonds. The molecule has 0 bridgehead atoms. The van der Waals surface area contributed by atoms with E-state index >= 15 is 0 Å². The second-order valence-corrected chi connectivity index (χ2v) is 6.46.